The number of amides is 1. The molecular formula is C17H11F3N4O. The van der Waals surface area contributed by atoms with E-state index in [0.29, 0.717) is 5.82 Å². The van der Waals surface area contributed by atoms with Gasteiger partial charge in [-0.15, -0.1) is 0 Å². The van der Waals surface area contributed by atoms with Gasteiger partial charge in [0.2, 0.25) is 0 Å². The van der Waals surface area contributed by atoms with Crippen LogP contribution >= 0.6 is 0 Å². The third kappa shape index (κ3) is 3.74. The highest BCUT2D eigenvalue weighted by atomic mass is 19.2. The van der Waals surface area contributed by atoms with E-state index < -0.39 is 29.0 Å². The van der Waals surface area contributed by atoms with Crippen molar-refractivity contribution in [3.8, 4) is 0 Å². The lowest BCUT2D eigenvalue weighted by Gasteiger charge is -2.08. The molecule has 0 radical (unpaired) electrons. The van der Waals surface area contributed by atoms with Crippen LogP contribution in [-0.2, 0) is 0 Å². The van der Waals surface area contributed by atoms with E-state index in [0.717, 1.165) is 24.1 Å². The molecule has 126 valence electrons. The molecule has 25 heavy (non-hydrogen) atoms. The summed E-state index contributed by atoms with van der Waals surface area (Å²) in [6, 6.07) is 12.1. The molecule has 0 bridgehead atoms. The molecule has 0 atom stereocenters. The van der Waals surface area contributed by atoms with Crippen molar-refractivity contribution >= 4 is 23.1 Å². The van der Waals surface area contributed by atoms with Gasteiger partial charge in [0.15, 0.2) is 17.5 Å². The number of aromatic nitrogens is 2. The molecule has 1 amide bonds. The van der Waals surface area contributed by atoms with Crippen LogP contribution in [0.5, 0.6) is 0 Å². The molecule has 0 saturated heterocycles. The zero-order valence-corrected chi connectivity index (χ0v) is 12.6. The molecule has 0 aliphatic heterocycles. The van der Waals surface area contributed by atoms with E-state index in [9.17, 15) is 18.0 Å². The molecule has 3 aromatic rings. The number of carbonyl (C=O) groups excluding carboxylic acids is 1. The van der Waals surface area contributed by atoms with Gasteiger partial charge in [0, 0.05) is 11.8 Å². The molecular weight excluding hydrogens is 333 g/mol. The van der Waals surface area contributed by atoms with Crippen molar-refractivity contribution < 1.29 is 18.0 Å². The Balaban J connectivity index is 1.79. The molecule has 0 saturated carbocycles. The summed E-state index contributed by atoms with van der Waals surface area (Å²) in [5.41, 5.74) is 0.192. The average molecular weight is 344 g/mol. The average Bonchev–Trinajstić information content (AvgIpc) is 2.63. The summed E-state index contributed by atoms with van der Waals surface area (Å²) in [4.78, 5) is 19.9. The maximum absolute atomic E-state index is 13.6. The highest BCUT2D eigenvalue weighted by molar-refractivity contribution is 6.03. The standard InChI is InChI=1S/C17H11F3N4O/c18-11-6-7-12(16(20)15(11)19)24-17(25)13-8-14(22-9-21-13)23-10-4-2-1-3-5-10/h1-9H,(H,24,25)(H,21,22,23). The second-order valence-electron chi connectivity index (χ2n) is 4.96. The molecule has 5 nitrogen and oxygen atoms in total. The molecule has 0 aliphatic rings. The van der Waals surface area contributed by atoms with Gasteiger partial charge in [-0.25, -0.2) is 23.1 Å². The van der Waals surface area contributed by atoms with Crippen LogP contribution < -0.4 is 10.6 Å². The first-order valence-electron chi connectivity index (χ1n) is 7.13. The maximum Gasteiger partial charge on any atom is 0.274 e. The molecule has 8 heteroatoms. The molecule has 1 aromatic heterocycles. The Morgan fingerprint density at radius 1 is 0.920 bits per heavy atom. The normalized spacial score (nSPS) is 10.4. The fraction of sp³-hybridized carbons (Fsp3) is 0. The Labute approximate surface area is 140 Å². The number of nitrogens with one attached hydrogen (secondary N) is 2. The fourth-order valence-corrected chi connectivity index (χ4v) is 2.03. The lowest BCUT2D eigenvalue weighted by Crippen LogP contribution is -2.16. The van der Waals surface area contributed by atoms with Gasteiger partial charge in [-0.1, -0.05) is 18.2 Å². The summed E-state index contributed by atoms with van der Waals surface area (Å²) >= 11 is 0. The number of halogens is 3. The Morgan fingerprint density at radius 3 is 2.44 bits per heavy atom. The Morgan fingerprint density at radius 2 is 1.68 bits per heavy atom. The number of anilines is 3. The number of hydrogen-bond donors (Lipinski definition) is 2. The summed E-state index contributed by atoms with van der Waals surface area (Å²) in [6.07, 6.45) is 1.15. The second-order valence-corrected chi connectivity index (χ2v) is 4.96. The smallest absolute Gasteiger partial charge is 0.274 e. The minimum Gasteiger partial charge on any atom is -0.340 e. The van der Waals surface area contributed by atoms with Crippen LogP contribution in [0.2, 0.25) is 0 Å². The third-order valence-electron chi connectivity index (χ3n) is 3.23. The van der Waals surface area contributed by atoms with Crippen LogP contribution in [0.15, 0.2) is 54.9 Å². The Hall–Kier alpha value is -3.42. The Kier molecular flexibility index (Phi) is 4.60. The monoisotopic (exact) mass is 344 g/mol. The number of rotatable bonds is 4. The maximum atomic E-state index is 13.6. The molecule has 0 spiro atoms. The van der Waals surface area contributed by atoms with E-state index in [1.807, 2.05) is 18.2 Å². The van der Waals surface area contributed by atoms with Crippen molar-refractivity contribution in [2.75, 3.05) is 10.6 Å². The van der Waals surface area contributed by atoms with Gasteiger partial charge in [0.1, 0.15) is 17.8 Å². The van der Waals surface area contributed by atoms with Gasteiger partial charge in [0.25, 0.3) is 5.91 Å². The van der Waals surface area contributed by atoms with Crippen LogP contribution in [0.25, 0.3) is 0 Å². The Bertz CT molecular complexity index is 919. The zero-order valence-electron chi connectivity index (χ0n) is 12.6. The quantitative estimate of drug-likeness (QED) is 0.705. The molecule has 2 aromatic carbocycles. The van der Waals surface area contributed by atoms with Crippen molar-refractivity contribution in [3.63, 3.8) is 0 Å². The summed E-state index contributed by atoms with van der Waals surface area (Å²) in [5.74, 6) is -4.93. The van der Waals surface area contributed by atoms with Crippen molar-refractivity contribution in [2.45, 2.75) is 0 Å². The number of benzene rings is 2. The highest BCUT2D eigenvalue weighted by Crippen LogP contribution is 2.20. The minimum absolute atomic E-state index is 0.0717. The molecule has 0 aliphatic carbocycles. The summed E-state index contributed by atoms with van der Waals surface area (Å²) in [7, 11) is 0. The van der Waals surface area contributed by atoms with E-state index in [2.05, 4.69) is 20.6 Å². The number of nitrogens with zero attached hydrogens (tertiary/aromatic N) is 2. The van der Waals surface area contributed by atoms with Crippen molar-refractivity contribution in [3.05, 3.63) is 78.0 Å². The van der Waals surface area contributed by atoms with Crippen molar-refractivity contribution in [1.82, 2.24) is 9.97 Å². The van der Waals surface area contributed by atoms with Crippen molar-refractivity contribution in [1.29, 1.82) is 0 Å². The van der Waals surface area contributed by atoms with E-state index in [1.165, 1.54) is 6.07 Å². The minimum atomic E-state index is -1.66. The van der Waals surface area contributed by atoms with E-state index in [4.69, 9.17) is 0 Å². The van der Waals surface area contributed by atoms with Gasteiger partial charge in [-0.2, -0.15) is 0 Å². The predicted octanol–water partition coefficient (Wildman–Crippen LogP) is 3.89. The van der Waals surface area contributed by atoms with E-state index in [1.54, 1.807) is 12.1 Å². The van der Waals surface area contributed by atoms with Crippen LogP contribution in [0.1, 0.15) is 10.5 Å². The summed E-state index contributed by atoms with van der Waals surface area (Å²) < 4.78 is 39.8. The lowest BCUT2D eigenvalue weighted by atomic mass is 10.2. The first-order valence-corrected chi connectivity index (χ1v) is 7.13. The lowest BCUT2D eigenvalue weighted by molar-refractivity contribution is 0.102. The van der Waals surface area contributed by atoms with Crippen molar-refractivity contribution in [2.24, 2.45) is 0 Å². The third-order valence-corrected chi connectivity index (χ3v) is 3.23. The van der Waals surface area contributed by atoms with Gasteiger partial charge in [-0.05, 0) is 24.3 Å². The summed E-state index contributed by atoms with van der Waals surface area (Å²) in [6.45, 7) is 0. The number of para-hydroxylation sites is 1. The first-order chi connectivity index (χ1) is 12.0. The predicted molar refractivity (Wildman–Crippen MR) is 86.0 cm³/mol. The number of hydrogen-bond acceptors (Lipinski definition) is 4. The largest absolute Gasteiger partial charge is 0.340 e. The highest BCUT2D eigenvalue weighted by Gasteiger charge is 2.17. The second kappa shape index (κ2) is 7.00. The van der Waals surface area contributed by atoms with Crippen LogP contribution in [0.3, 0.4) is 0 Å². The van der Waals surface area contributed by atoms with Crippen LogP contribution in [-0.4, -0.2) is 15.9 Å². The van der Waals surface area contributed by atoms with E-state index >= 15 is 0 Å². The van der Waals surface area contributed by atoms with E-state index in [-0.39, 0.29) is 5.69 Å². The van der Waals surface area contributed by atoms with Gasteiger partial charge in [0.05, 0.1) is 5.69 Å². The molecule has 1 heterocycles. The fourth-order valence-electron chi connectivity index (χ4n) is 2.03. The first kappa shape index (κ1) is 16.4. The van der Waals surface area contributed by atoms with Crippen LogP contribution in [0, 0.1) is 17.5 Å². The van der Waals surface area contributed by atoms with Gasteiger partial charge in [-0.3, -0.25) is 4.79 Å². The van der Waals surface area contributed by atoms with Gasteiger partial charge >= 0.3 is 0 Å². The SMILES string of the molecule is O=C(Nc1ccc(F)c(F)c1F)c1cc(Nc2ccccc2)ncn1. The zero-order chi connectivity index (χ0) is 17.8. The molecule has 0 unspecified atom stereocenters. The molecule has 3 rings (SSSR count). The van der Waals surface area contributed by atoms with Crippen LogP contribution in [0.4, 0.5) is 30.4 Å². The summed E-state index contributed by atoms with van der Waals surface area (Å²) in [5, 5.41) is 5.12. The number of carbonyl (C=O) groups is 1. The molecule has 0 fully saturated rings. The topological polar surface area (TPSA) is 66.9 Å². The van der Waals surface area contributed by atoms with Gasteiger partial charge < -0.3 is 10.6 Å². The molecule has 2 N–H and O–H groups in total.